The van der Waals surface area contributed by atoms with Gasteiger partial charge >= 0.3 is 0 Å². The van der Waals surface area contributed by atoms with Gasteiger partial charge in [-0.2, -0.15) is 0 Å². The van der Waals surface area contributed by atoms with E-state index in [1.54, 1.807) is 0 Å². The molecule has 3 heteroatoms. The second kappa shape index (κ2) is 4.83. The van der Waals surface area contributed by atoms with E-state index in [2.05, 4.69) is 29.1 Å². The summed E-state index contributed by atoms with van der Waals surface area (Å²) in [5.74, 6) is 1.03. The number of pyridine rings is 1. The SMILES string of the molecule is CN(C)c1ccc(C2CCCCN2C)cn1. The third kappa shape index (κ3) is 2.35. The zero-order valence-corrected chi connectivity index (χ0v) is 10.5. The summed E-state index contributed by atoms with van der Waals surface area (Å²) in [6.07, 6.45) is 5.96. The van der Waals surface area contributed by atoms with Gasteiger partial charge in [-0.25, -0.2) is 4.98 Å². The molecular weight excluding hydrogens is 198 g/mol. The lowest BCUT2D eigenvalue weighted by atomic mass is 9.97. The molecule has 0 spiro atoms. The predicted molar refractivity (Wildman–Crippen MR) is 67.8 cm³/mol. The van der Waals surface area contributed by atoms with Crippen molar-refractivity contribution in [1.29, 1.82) is 0 Å². The standard InChI is InChI=1S/C13H21N3/c1-15(2)13-8-7-11(10-14-13)12-6-4-5-9-16(12)3/h7-8,10,12H,4-6,9H2,1-3H3. The molecule has 0 saturated carbocycles. The van der Waals surface area contributed by atoms with Crippen LogP contribution in [0.25, 0.3) is 0 Å². The first kappa shape index (κ1) is 11.4. The van der Waals surface area contributed by atoms with E-state index in [0.717, 1.165) is 5.82 Å². The van der Waals surface area contributed by atoms with Crippen LogP contribution in [0.5, 0.6) is 0 Å². The van der Waals surface area contributed by atoms with Gasteiger partial charge in [0.1, 0.15) is 5.82 Å². The van der Waals surface area contributed by atoms with Crippen molar-refractivity contribution in [2.24, 2.45) is 0 Å². The molecule has 1 aliphatic rings. The molecule has 1 unspecified atom stereocenters. The van der Waals surface area contributed by atoms with Gasteiger partial charge < -0.3 is 4.90 Å². The van der Waals surface area contributed by atoms with Crippen LogP contribution in [0, 0.1) is 0 Å². The highest BCUT2D eigenvalue weighted by atomic mass is 15.1. The van der Waals surface area contributed by atoms with Gasteiger partial charge in [0, 0.05) is 26.3 Å². The van der Waals surface area contributed by atoms with Crippen LogP contribution in [0.1, 0.15) is 30.9 Å². The molecule has 0 bridgehead atoms. The lowest BCUT2D eigenvalue weighted by Crippen LogP contribution is -2.29. The number of likely N-dealkylation sites (tertiary alicyclic amines) is 1. The summed E-state index contributed by atoms with van der Waals surface area (Å²) in [5.41, 5.74) is 1.35. The fraction of sp³-hybridized carbons (Fsp3) is 0.615. The van der Waals surface area contributed by atoms with Gasteiger partial charge in [0.25, 0.3) is 0 Å². The van der Waals surface area contributed by atoms with Crippen molar-refractivity contribution in [3.8, 4) is 0 Å². The summed E-state index contributed by atoms with van der Waals surface area (Å²) in [7, 11) is 6.26. The number of rotatable bonds is 2. The summed E-state index contributed by atoms with van der Waals surface area (Å²) in [4.78, 5) is 8.96. The van der Waals surface area contributed by atoms with Crippen molar-refractivity contribution in [1.82, 2.24) is 9.88 Å². The molecule has 16 heavy (non-hydrogen) atoms. The summed E-state index contributed by atoms with van der Waals surface area (Å²) in [5, 5.41) is 0. The number of aromatic nitrogens is 1. The fourth-order valence-corrected chi connectivity index (χ4v) is 2.36. The van der Waals surface area contributed by atoms with E-state index in [4.69, 9.17) is 0 Å². The number of nitrogens with zero attached hydrogens (tertiary/aromatic N) is 3. The van der Waals surface area contributed by atoms with Crippen LogP contribution >= 0.6 is 0 Å². The van der Waals surface area contributed by atoms with E-state index in [9.17, 15) is 0 Å². The van der Waals surface area contributed by atoms with E-state index >= 15 is 0 Å². The molecule has 1 aliphatic heterocycles. The molecular formula is C13H21N3. The molecule has 2 rings (SSSR count). The first-order valence-electron chi connectivity index (χ1n) is 6.02. The van der Waals surface area contributed by atoms with E-state index in [0.29, 0.717) is 6.04 Å². The minimum atomic E-state index is 0.567. The Hall–Kier alpha value is -1.09. The molecule has 2 heterocycles. The summed E-state index contributed by atoms with van der Waals surface area (Å²) >= 11 is 0. The monoisotopic (exact) mass is 219 g/mol. The first-order valence-corrected chi connectivity index (χ1v) is 6.02. The van der Waals surface area contributed by atoms with Crippen LogP contribution < -0.4 is 4.90 Å². The van der Waals surface area contributed by atoms with Crippen molar-refractivity contribution in [3.63, 3.8) is 0 Å². The smallest absolute Gasteiger partial charge is 0.127 e. The highest BCUT2D eigenvalue weighted by Crippen LogP contribution is 2.29. The summed E-state index contributed by atoms with van der Waals surface area (Å²) in [6.45, 7) is 1.21. The van der Waals surface area contributed by atoms with Crippen molar-refractivity contribution in [2.45, 2.75) is 25.3 Å². The Morgan fingerprint density at radius 2 is 2.12 bits per heavy atom. The lowest BCUT2D eigenvalue weighted by molar-refractivity contribution is 0.187. The maximum atomic E-state index is 4.49. The van der Waals surface area contributed by atoms with Gasteiger partial charge in [-0.15, -0.1) is 0 Å². The number of piperidine rings is 1. The van der Waals surface area contributed by atoms with Gasteiger partial charge in [0.15, 0.2) is 0 Å². The average molecular weight is 219 g/mol. The van der Waals surface area contributed by atoms with E-state index in [1.807, 2.05) is 25.2 Å². The zero-order valence-electron chi connectivity index (χ0n) is 10.5. The largest absolute Gasteiger partial charge is 0.363 e. The van der Waals surface area contributed by atoms with Gasteiger partial charge in [-0.05, 0) is 38.1 Å². The highest BCUT2D eigenvalue weighted by Gasteiger charge is 2.20. The normalized spacial score (nSPS) is 22.1. The predicted octanol–water partition coefficient (Wildman–Crippen LogP) is 2.30. The molecule has 88 valence electrons. The van der Waals surface area contributed by atoms with Crippen LogP contribution in [-0.4, -0.2) is 37.6 Å². The maximum Gasteiger partial charge on any atom is 0.127 e. The van der Waals surface area contributed by atoms with Crippen LogP contribution in [0.15, 0.2) is 18.3 Å². The molecule has 1 aromatic heterocycles. The quantitative estimate of drug-likeness (QED) is 0.761. The van der Waals surface area contributed by atoms with Crippen LogP contribution in [0.3, 0.4) is 0 Å². The minimum absolute atomic E-state index is 0.567. The van der Waals surface area contributed by atoms with Crippen molar-refractivity contribution >= 4 is 5.82 Å². The molecule has 1 aromatic rings. The van der Waals surface area contributed by atoms with Crippen molar-refractivity contribution < 1.29 is 0 Å². The Kier molecular flexibility index (Phi) is 3.44. The number of hydrogen-bond donors (Lipinski definition) is 0. The topological polar surface area (TPSA) is 19.4 Å². The number of anilines is 1. The van der Waals surface area contributed by atoms with Gasteiger partial charge in [-0.3, -0.25) is 4.90 Å². The van der Waals surface area contributed by atoms with Crippen molar-refractivity contribution in [3.05, 3.63) is 23.9 Å². The molecule has 0 radical (unpaired) electrons. The Morgan fingerprint density at radius 3 is 2.69 bits per heavy atom. The van der Waals surface area contributed by atoms with Gasteiger partial charge in [0.2, 0.25) is 0 Å². The van der Waals surface area contributed by atoms with Crippen LogP contribution in [0.2, 0.25) is 0 Å². The summed E-state index contributed by atoms with van der Waals surface area (Å²) in [6, 6.07) is 4.89. The summed E-state index contributed by atoms with van der Waals surface area (Å²) < 4.78 is 0. The molecule has 1 atom stereocenters. The van der Waals surface area contributed by atoms with E-state index < -0.39 is 0 Å². The second-order valence-electron chi connectivity index (χ2n) is 4.84. The third-order valence-electron chi connectivity index (χ3n) is 3.38. The van der Waals surface area contributed by atoms with Crippen LogP contribution in [-0.2, 0) is 0 Å². The second-order valence-corrected chi connectivity index (χ2v) is 4.84. The minimum Gasteiger partial charge on any atom is -0.363 e. The molecule has 0 N–H and O–H groups in total. The van der Waals surface area contributed by atoms with E-state index in [1.165, 1.54) is 31.4 Å². The third-order valence-corrected chi connectivity index (χ3v) is 3.38. The van der Waals surface area contributed by atoms with E-state index in [-0.39, 0.29) is 0 Å². The maximum absolute atomic E-state index is 4.49. The lowest BCUT2D eigenvalue weighted by Gasteiger charge is -2.32. The average Bonchev–Trinajstić information content (AvgIpc) is 2.30. The molecule has 1 saturated heterocycles. The number of hydrogen-bond acceptors (Lipinski definition) is 3. The molecule has 0 aliphatic carbocycles. The fourth-order valence-electron chi connectivity index (χ4n) is 2.36. The molecule has 1 fully saturated rings. The molecule has 0 aromatic carbocycles. The zero-order chi connectivity index (χ0) is 11.5. The first-order chi connectivity index (χ1) is 7.68. The van der Waals surface area contributed by atoms with Crippen molar-refractivity contribution in [2.75, 3.05) is 32.6 Å². The molecule has 3 nitrogen and oxygen atoms in total. The Balaban J connectivity index is 2.14. The van der Waals surface area contributed by atoms with Crippen LogP contribution in [0.4, 0.5) is 5.82 Å². The van der Waals surface area contributed by atoms with Gasteiger partial charge in [0.05, 0.1) is 0 Å². The Bertz CT molecular complexity index is 332. The van der Waals surface area contributed by atoms with Gasteiger partial charge in [-0.1, -0.05) is 12.5 Å². The Labute approximate surface area is 98.1 Å². The molecule has 0 amide bonds. The Morgan fingerprint density at radius 1 is 1.31 bits per heavy atom. The highest BCUT2D eigenvalue weighted by molar-refractivity contribution is 5.37.